The number of carbonyl (C=O) groups excluding carboxylic acids is 2. The molecule has 0 saturated carbocycles. The monoisotopic (exact) mass is 545 g/mol. The third kappa shape index (κ3) is 5.91. The average molecular weight is 545 g/mol. The summed E-state index contributed by atoms with van der Waals surface area (Å²) in [7, 11) is -4.17. The highest BCUT2D eigenvalue weighted by Gasteiger charge is 2.55. The zero-order valence-electron chi connectivity index (χ0n) is 18.9. The molecule has 0 bridgehead atoms. The second-order valence-electron chi connectivity index (χ2n) is 8.77. The SMILES string of the molecule is NS(=O)(=O)c1ccc(C(=O)N2C[C@H]3CN(C(=O)/C=C/c4ccc(OC(F)(F)F)cc4)C[C@]3(F)C2)c(F)c1. The largest absolute Gasteiger partial charge is 0.573 e. The topological polar surface area (TPSA) is 110 Å². The van der Waals surface area contributed by atoms with Crippen LogP contribution in [0, 0.1) is 11.7 Å². The van der Waals surface area contributed by atoms with E-state index >= 15 is 4.39 Å². The number of amides is 2. The highest BCUT2D eigenvalue weighted by molar-refractivity contribution is 7.89. The summed E-state index contributed by atoms with van der Waals surface area (Å²) in [6.07, 6.45) is -2.30. The molecular formula is C23H20F5N3O5S. The van der Waals surface area contributed by atoms with E-state index in [0.29, 0.717) is 11.6 Å². The predicted molar refractivity (Wildman–Crippen MR) is 120 cm³/mol. The number of nitrogens with zero attached hydrogens (tertiary/aromatic N) is 2. The number of alkyl halides is 4. The predicted octanol–water partition coefficient (Wildman–Crippen LogP) is 2.71. The maximum Gasteiger partial charge on any atom is 0.573 e. The van der Waals surface area contributed by atoms with Crippen molar-refractivity contribution in [2.45, 2.75) is 16.9 Å². The van der Waals surface area contributed by atoms with Crippen LogP contribution in [0.4, 0.5) is 22.0 Å². The van der Waals surface area contributed by atoms with Crippen LogP contribution < -0.4 is 9.88 Å². The first-order chi connectivity index (χ1) is 17.1. The molecule has 2 atom stereocenters. The number of fused-ring (bicyclic) bond motifs is 1. The zero-order chi connectivity index (χ0) is 27.2. The number of hydrogen-bond acceptors (Lipinski definition) is 5. The Morgan fingerprint density at radius 3 is 2.24 bits per heavy atom. The second kappa shape index (κ2) is 9.41. The van der Waals surface area contributed by atoms with Crippen molar-refractivity contribution in [1.82, 2.24) is 9.80 Å². The van der Waals surface area contributed by atoms with Crippen LogP contribution in [0.3, 0.4) is 0 Å². The van der Waals surface area contributed by atoms with E-state index in [2.05, 4.69) is 4.74 Å². The molecule has 2 heterocycles. The summed E-state index contributed by atoms with van der Waals surface area (Å²) in [4.78, 5) is 27.2. The van der Waals surface area contributed by atoms with Gasteiger partial charge in [-0.2, -0.15) is 0 Å². The number of ether oxygens (including phenoxy) is 1. The van der Waals surface area contributed by atoms with Gasteiger partial charge in [0.15, 0.2) is 5.67 Å². The van der Waals surface area contributed by atoms with Crippen molar-refractivity contribution in [2.24, 2.45) is 11.1 Å². The number of carbonyl (C=O) groups is 2. The first-order valence-electron chi connectivity index (χ1n) is 10.8. The Balaban J connectivity index is 1.37. The van der Waals surface area contributed by atoms with E-state index in [1.165, 1.54) is 23.1 Å². The van der Waals surface area contributed by atoms with Crippen molar-refractivity contribution in [3.8, 4) is 5.75 Å². The lowest BCUT2D eigenvalue weighted by atomic mass is 9.97. The number of primary sulfonamides is 1. The fourth-order valence-corrected chi connectivity index (χ4v) is 4.91. The van der Waals surface area contributed by atoms with Gasteiger partial charge in [-0.05, 0) is 42.0 Å². The molecule has 0 unspecified atom stereocenters. The Hall–Kier alpha value is -3.52. The smallest absolute Gasteiger partial charge is 0.406 e. The molecule has 2 saturated heterocycles. The summed E-state index contributed by atoms with van der Waals surface area (Å²) in [6.45, 7) is -0.786. The van der Waals surface area contributed by atoms with Crippen LogP contribution in [0.15, 0.2) is 53.4 Å². The van der Waals surface area contributed by atoms with E-state index in [1.807, 2.05) is 0 Å². The summed E-state index contributed by atoms with van der Waals surface area (Å²) in [6, 6.07) is 7.39. The quantitative estimate of drug-likeness (QED) is 0.459. The van der Waals surface area contributed by atoms with E-state index in [0.717, 1.165) is 35.2 Å². The Morgan fingerprint density at radius 1 is 1.05 bits per heavy atom. The van der Waals surface area contributed by atoms with Gasteiger partial charge in [-0.15, -0.1) is 13.2 Å². The molecule has 0 aliphatic carbocycles. The highest BCUT2D eigenvalue weighted by atomic mass is 32.2. The van der Waals surface area contributed by atoms with Crippen LogP contribution in [0.1, 0.15) is 15.9 Å². The average Bonchev–Trinajstić information content (AvgIpc) is 3.28. The van der Waals surface area contributed by atoms with Gasteiger partial charge in [0.25, 0.3) is 5.91 Å². The van der Waals surface area contributed by atoms with Gasteiger partial charge in [0.1, 0.15) is 11.6 Å². The molecule has 8 nitrogen and oxygen atoms in total. The van der Waals surface area contributed by atoms with Gasteiger partial charge in [0.2, 0.25) is 15.9 Å². The van der Waals surface area contributed by atoms with Crippen LogP contribution in [-0.4, -0.2) is 68.2 Å². The maximum atomic E-state index is 15.6. The van der Waals surface area contributed by atoms with Crippen molar-refractivity contribution in [3.63, 3.8) is 0 Å². The van der Waals surface area contributed by atoms with Crippen LogP contribution >= 0.6 is 0 Å². The van der Waals surface area contributed by atoms with Crippen molar-refractivity contribution in [2.75, 3.05) is 26.2 Å². The van der Waals surface area contributed by atoms with Gasteiger partial charge in [0, 0.05) is 25.1 Å². The van der Waals surface area contributed by atoms with E-state index in [9.17, 15) is 35.6 Å². The maximum absolute atomic E-state index is 15.6. The molecule has 4 rings (SSSR count). The zero-order valence-corrected chi connectivity index (χ0v) is 19.7. The highest BCUT2D eigenvalue weighted by Crippen LogP contribution is 2.39. The normalized spacial score (nSPS) is 21.9. The minimum atomic E-state index is -4.82. The fourth-order valence-electron chi connectivity index (χ4n) is 4.38. The third-order valence-electron chi connectivity index (χ3n) is 6.15. The molecule has 2 aromatic carbocycles. The van der Waals surface area contributed by atoms with Crippen molar-refractivity contribution < 1.29 is 44.7 Å². The van der Waals surface area contributed by atoms with Gasteiger partial charge in [0.05, 0.1) is 23.5 Å². The molecule has 2 aromatic rings. The molecule has 2 aliphatic rings. The van der Waals surface area contributed by atoms with Crippen LogP contribution in [0.2, 0.25) is 0 Å². The van der Waals surface area contributed by atoms with Gasteiger partial charge < -0.3 is 14.5 Å². The molecule has 0 radical (unpaired) electrons. The van der Waals surface area contributed by atoms with Gasteiger partial charge in [-0.25, -0.2) is 22.3 Å². The summed E-state index contributed by atoms with van der Waals surface area (Å²) in [5.41, 5.74) is -1.93. The van der Waals surface area contributed by atoms with E-state index in [4.69, 9.17) is 5.14 Å². The number of hydrogen-bond donors (Lipinski definition) is 1. The van der Waals surface area contributed by atoms with Crippen LogP contribution in [-0.2, 0) is 14.8 Å². The third-order valence-corrected chi connectivity index (χ3v) is 7.06. The number of benzene rings is 2. The molecule has 14 heteroatoms. The molecule has 198 valence electrons. The molecule has 0 aromatic heterocycles. The molecular weight excluding hydrogens is 525 g/mol. The number of halogens is 5. The molecule has 0 spiro atoms. The van der Waals surface area contributed by atoms with Crippen molar-refractivity contribution in [3.05, 3.63) is 65.5 Å². The fraction of sp³-hybridized carbons (Fsp3) is 0.304. The van der Waals surface area contributed by atoms with Crippen LogP contribution in [0.5, 0.6) is 5.75 Å². The van der Waals surface area contributed by atoms with E-state index in [1.54, 1.807) is 0 Å². The lowest BCUT2D eigenvalue weighted by Crippen LogP contribution is -2.39. The Morgan fingerprint density at radius 2 is 1.68 bits per heavy atom. The molecule has 37 heavy (non-hydrogen) atoms. The Labute approximate surface area is 208 Å². The van der Waals surface area contributed by atoms with Gasteiger partial charge in [-0.1, -0.05) is 12.1 Å². The molecule has 2 aliphatic heterocycles. The molecule has 2 N–H and O–H groups in total. The van der Waals surface area contributed by atoms with Crippen LogP contribution in [0.25, 0.3) is 6.08 Å². The van der Waals surface area contributed by atoms with Crippen molar-refractivity contribution in [1.29, 1.82) is 0 Å². The standard InChI is InChI=1S/C23H20F5N3O5S/c24-19-9-17(37(29,34)35)6-7-18(19)21(33)31-11-15-10-30(12-22(15,25)13-31)20(32)8-3-14-1-4-16(5-2-14)36-23(26,27)28/h1-9,15H,10-13H2,(H2,29,34,35)/b8-3+/t15-,22+/m1/s1. The van der Waals surface area contributed by atoms with Gasteiger partial charge in [-0.3, -0.25) is 9.59 Å². The number of rotatable bonds is 5. The van der Waals surface area contributed by atoms with Gasteiger partial charge >= 0.3 is 6.36 Å². The Kier molecular flexibility index (Phi) is 6.75. The molecule has 2 amide bonds. The van der Waals surface area contributed by atoms with Crippen molar-refractivity contribution >= 4 is 27.9 Å². The first-order valence-corrected chi connectivity index (χ1v) is 12.3. The van der Waals surface area contributed by atoms with E-state index in [-0.39, 0.29) is 26.2 Å². The second-order valence-corrected chi connectivity index (χ2v) is 10.3. The minimum Gasteiger partial charge on any atom is -0.406 e. The summed E-state index contributed by atoms with van der Waals surface area (Å²) < 4.78 is 93.2. The lowest BCUT2D eigenvalue weighted by Gasteiger charge is -2.23. The summed E-state index contributed by atoms with van der Waals surface area (Å²) in [5, 5.41) is 4.95. The van der Waals surface area contributed by atoms with E-state index < -0.39 is 61.8 Å². The lowest BCUT2D eigenvalue weighted by molar-refractivity contribution is -0.274. The summed E-state index contributed by atoms with van der Waals surface area (Å²) >= 11 is 0. The minimum absolute atomic E-state index is 0.00531. The molecule has 2 fully saturated rings. The summed E-state index contributed by atoms with van der Waals surface area (Å²) in [5.74, 6) is -3.59. The number of nitrogens with two attached hydrogens (primary N) is 1. The number of likely N-dealkylation sites (tertiary alicyclic amines) is 2. The Bertz CT molecular complexity index is 1360. The number of sulfonamides is 1. The first kappa shape index (κ1) is 26.5.